The van der Waals surface area contributed by atoms with Crippen molar-refractivity contribution in [1.29, 1.82) is 0 Å². The third kappa shape index (κ3) is 3.95. The number of nitrogens with one attached hydrogen (secondary N) is 1. The van der Waals surface area contributed by atoms with Gasteiger partial charge in [0, 0.05) is 13.0 Å². The summed E-state index contributed by atoms with van der Waals surface area (Å²) >= 11 is 1.29. The van der Waals surface area contributed by atoms with Gasteiger partial charge in [0.05, 0.1) is 0 Å². The van der Waals surface area contributed by atoms with Crippen molar-refractivity contribution in [3.8, 4) is 0 Å². The summed E-state index contributed by atoms with van der Waals surface area (Å²) in [5.41, 5.74) is 1.56. The van der Waals surface area contributed by atoms with E-state index >= 15 is 0 Å². The van der Waals surface area contributed by atoms with Crippen LogP contribution in [-0.4, -0.2) is 27.8 Å². The van der Waals surface area contributed by atoms with Crippen molar-refractivity contribution >= 4 is 22.4 Å². The van der Waals surface area contributed by atoms with Crippen LogP contribution in [0.15, 0.2) is 5.51 Å². The molecule has 0 saturated carbocycles. The predicted octanol–water partition coefficient (Wildman–Crippen LogP) is 0.639. The van der Waals surface area contributed by atoms with E-state index < -0.39 is 0 Å². The number of unbranched alkanes of at least 4 members (excludes halogenated alkanes) is 1. The number of nitrogens with zero attached hydrogens (tertiary/aromatic N) is 2. The molecule has 0 bridgehead atoms. The van der Waals surface area contributed by atoms with E-state index in [0.717, 1.165) is 0 Å². The Hall–Kier alpha value is -1.01. The summed E-state index contributed by atoms with van der Waals surface area (Å²) in [5, 5.41) is 18.9. The number of amides is 1. The predicted molar refractivity (Wildman–Crippen MR) is 49.5 cm³/mol. The average Bonchev–Trinajstić information content (AvgIpc) is 2.57. The van der Waals surface area contributed by atoms with Crippen molar-refractivity contribution in [3.63, 3.8) is 0 Å². The van der Waals surface area contributed by atoms with Gasteiger partial charge in [0.25, 0.3) is 0 Å². The second-order valence-electron chi connectivity index (χ2n) is 2.47. The van der Waals surface area contributed by atoms with Crippen LogP contribution in [0.4, 0.5) is 5.13 Å². The maximum atomic E-state index is 11.1. The number of aromatic nitrogens is 2. The van der Waals surface area contributed by atoms with Crippen molar-refractivity contribution in [3.05, 3.63) is 5.51 Å². The van der Waals surface area contributed by atoms with E-state index in [4.69, 9.17) is 5.11 Å². The van der Waals surface area contributed by atoms with Crippen LogP contribution < -0.4 is 5.32 Å². The zero-order valence-electron chi connectivity index (χ0n) is 7.06. The van der Waals surface area contributed by atoms with E-state index in [1.165, 1.54) is 11.3 Å². The van der Waals surface area contributed by atoms with Gasteiger partial charge in [-0.15, -0.1) is 10.2 Å². The number of anilines is 1. The van der Waals surface area contributed by atoms with Crippen LogP contribution in [0.5, 0.6) is 0 Å². The number of carbonyl (C=O) groups is 1. The highest BCUT2D eigenvalue weighted by molar-refractivity contribution is 7.13. The van der Waals surface area contributed by atoms with E-state index in [0.29, 0.717) is 24.4 Å². The van der Waals surface area contributed by atoms with Crippen molar-refractivity contribution in [2.45, 2.75) is 19.3 Å². The lowest BCUT2D eigenvalue weighted by Crippen LogP contribution is -2.11. The molecule has 0 aliphatic heterocycles. The lowest BCUT2D eigenvalue weighted by atomic mass is 10.2. The van der Waals surface area contributed by atoms with E-state index in [1.54, 1.807) is 5.51 Å². The maximum Gasteiger partial charge on any atom is 0.226 e. The van der Waals surface area contributed by atoms with Crippen molar-refractivity contribution in [1.82, 2.24) is 10.2 Å². The number of aliphatic hydroxyl groups is 1. The molecule has 0 aliphatic rings. The third-order valence-electron chi connectivity index (χ3n) is 1.42. The first kappa shape index (κ1) is 10.1. The van der Waals surface area contributed by atoms with E-state index in [2.05, 4.69) is 15.5 Å². The summed E-state index contributed by atoms with van der Waals surface area (Å²) in [6.07, 6.45) is 1.77. The van der Waals surface area contributed by atoms with Crippen LogP contribution in [0.25, 0.3) is 0 Å². The van der Waals surface area contributed by atoms with Crippen molar-refractivity contribution < 1.29 is 9.90 Å². The lowest BCUT2D eigenvalue weighted by Gasteiger charge is -1.98. The molecule has 6 heteroatoms. The normalized spacial score (nSPS) is 9.92. The summed E-state index contributed by atoms with van der Waals surface area (Å²) < 4.78 is 0. The molecule has 1 rings (SSSR count). The lowest BCUT2D eigenvalue weighted by molar-refractivity contribution is -0.116. The second-order valence-corrected chi connectivity index (χ2v) is 3.31. The first-order chi connectivity index (χ1) is 6.33. The van der Waals surface area contributed by atoms with E-state index in [-0.39, 0.29) is 12.5 Å². The number of aliphatic hydroxyl groups excluding tert-OH is 1. The standard InChI is InChI=1S/C7H11N3O2S/c11-4-2-1-3-6(12)9-7-10-8-5-13-7/h5,11H,1-4H2,(H,9,10,12). The van der Waals surface area contributed by atoms with Gasteiger partial charge in [0.1, 0.15) is 5.51 Å². The SMILES string of the molecule is O=C(CCCCO)Nc1nncs1. The molecular weight excluding hydrogens is 190 g/mol. The summed E-state index contributed by atoms with van der Waals surface area (Å²) in [6.45, 7) is 0.131. The molecule has 13 heavy (non-hydrogen) atoms. The smallest absolute Gasteiger partial charge is 0.226 e. The fraction of sp³-hybridized carbons (Fsp3) is 0.571. The van der Waals surface area contributed by atoms with E-state index in [1.807, 2.05) is 0 Å². The number of hydrogen-bond donors (Lipinski definition) is 2. The van der Waals surface area contributed by atoms with Crippen LogP contribution in [0.1, 0.15) is 19.3 Å². The van der Waals surface area contributed by atoms with Gasteiger partial charge in [-0.25, -0.2) is 0 Å². The van der Waals surface area contributed by atoms with Crippen LogP contribution in [0.3, 0.4) is 0 Å². The van der Waals surface area contributed by atoms with Gasteiger partial charge in [0.2, 0.25) is 11.0 Å². The van der Waals surface area contributed by atoms with Gasteiger partial charge in [-0.05, 0) is 12.8 Å². The van der Waals surface area contributed by atoms with Crippen LogP contribution in [0, 0.1) is 0 Å². The summed E-state index contributed by atoms with van der Waals surface area (Å²) in [7, 11) is 0. The first-order valence-corrected chi connectivity index (χ1v) is 4.88. The molecule has 0 spiro atoms. The molecule has 1 aromatic heterocycles. The summed E-state index contributed by atoms with van der Waals surface area (Å²) in [5.74, 6) is -0.0785. The quantitative estimate of drug-likeness (QED) is 0.685. The molecule has 0 unspecified atom stereocenters. The Morgan fingerprint density at radius 2 is 2.46 bits per heavy atom. The minimum Gasteiger partial charge on any atom is -0.396 e. The average molecular weight is 201 g/mol. The van der Waals surface area contributed by atoms with Gasteiger partial charge >= 0.3 is 0 Å². The zero-order valence-corrected chi connectivity index (χ0v) is 7.88. The molecule has 0 aliphatic carbocycles. The molecule has 5 nitrogen and oxygen atoms in total. The molecule has 1 heterocycles. The Morgan fingerprint density at radius 1 is 1.62 bits per heavy atom. The number of hydrogen-bond acceptors (Lipinski definition) is 5. The molecule has 72 valence electrons. The number of rotatable bonds is 5. The van der Waals surface area contributed by atoms with Crippen LogP contribution in [0.2, 0.25) is 0 Å². The summed E-state index contributed by atoms with van der Waals surface area (Å²) in [4.78, 5) is 11.1. The van der Waals surface area contributed by atoms with Gasteiger partial charge in [-0.3, -0.25) is 4.79 Å². The van der Waals surface area contributed by atoms with Gasteiger partial charge in [0.15, 0.2) is 0 Å². The van der Waals surface area contributed by atoms with Crippen molar-refractivity contribution in [2.24, 2.45) is 0 Å². The molecule has 1 amide bonds. The van der Waals surface area contributed by atoms with Crippen LogP contribution >= 0.6 is 11.3 Å². The minimum atomic E-state index is -0.0785. The topological polar surface area (TPSA) is 75.1 Å². The fourth-order valence-corrected chi connectivity index (χ4v) is 1.27. The molecule has 0 radical (unpaired) electrons. The van der Waals surface area contributed by atoms with Crippen molar-refractivity contribution in [2.75, 3.05) is 11.9 Å². The Kier molecular flexibility index (Phi) is 4.34. The third-order valence-corrected chi connectivity index (χ3v) is 2.03. The highest BCUT2D eigenvalue weighted by Crippen LogP contribution is 2.08. The molecule has 1 aromatic rings. The van der Waals surface area contributed by atoms with Crippen LogP contribution in [-0.2, 0) is 4.79 Å². The second kappa shape index (κ2) is 5.60. The molecule has 2 N–H and O–H groups in total. The largest absolute Gasteiger partial charge is 0.396 e. The molecule has 0 saturated heterocycles. The Labute approximate surface area is 79.8 Å². The van der Waals surface area contributed by atoms with Gasteiger partial charge in [-0.2, -0.15) is 0 Å². The first-order valence-electron chi connectivity index (χ1n) is 4.00. The zero-order chi connectivity index (χ0) is 9.52. The van der Waals surface area contributed by atoms with Gasteiger partial charge < -0.3 is 10.4 Å². The minimum absolute atomic E-state index is 0.0785. The molecular formula is C7H11N3O2S. The molecule has 0 atom stereocenters. The maximum absolute atomic E-state index is 11.1. The Morgan fingerprint density at radius 3 is 3.08 bits per heavy atom. The monoisotopic (exact) mass is 201 g/mol. The highest BCUT2D eigenvalue weighted by Gasteiger charge is 2.03. The van der Waals surface area contributed by atoms with E-state index in [9.17, 15) is 4.79 Å². The summed E-state index contributed by atoms with van der Waals surface area (Å²) in [6, 6.07) is 0. The fourth-order valence-electron chi connectivity index (χ4n) is 0.807. The molecule has 0 fully saturated rings. The van der Waals surface area contributed by atoms with Gasteiger partial charge in [-0.1, -0.05) is 11.3 Å². The Balaban J connectivity index is 2.18. The Bertz CT molecular complexity index is 250. The highest BCUT2D eigenvalue weighted by atomic mass is 32.1. The molecule has 0 aromatic carbocycles. The number of carbonyl (C=O) groups excluding carboxylic acids is 1.